The lowest BCUT2D eigenvalue weighted by molar-refractivity contribution is 0.102. The lowest BCUT2D eigenvalue weighted by Gasteiger charge is -2.12. The molecule has 0 saturated carbocycles. The molecule has 0 aliphatic heterocycles. The van der Waals surface area contributed by atoms with Gasteiger partial charge in [-0.1, -0.05) is 23.2 Å². The fraction of sp³-hybridized carbons (Fsp3) is 0.235. The molecule has 0 radical (unpaired) electrons. The summed E-state index contributed by atoms with van der Waals surface area (Å²) in [6.07, 6.45) is 0. The van der Waals surface area contributed by atoms with Crippen LogP contribution in [0.2, 0.25) is 10.0 Å². The zero-order valence-corrected chi connectivity index (χ0v) is 14.4. The van der Waals surface area contributed by atoms with Gasteiger partial charge >= 0.3 is 0 Å². The first-order valence-electron chi connectivity index (χ1n) is 7.06. The summed E-state index contributed by atoms with van der Waals surface area (Å²) < 4.78 is 10.7. The summed E-state index contributed by atoms with van der Waals surface area (Å²) in [5, 5.41) is 3.66. The van der Waals surface area contributed by atoms with Crippen molar-refractivity contribution in [3.8, 4) is 5.75 Å². The van der Waals surface area contributed by atoms with Crippen LogP contribution in [0, 0.1) is 0 Å². The minimum Gasteiger partial charge on any atom is -0.496 e. The van der Waals surface area contributed by atoms with Crippen LogP contribution >= 0.6 is 23.2 Å². The molecular weight excluding hydrogens is 337 g/mol. The number of nitrogens with one attached hydrogen (secondary N) is 1. The van der Waals surface area contributed by atoms with Crippen LogP contribution in [0.5, 0.6) is 5.75 Å². The van der Waals surface area contributed by atoms with Crippen LogP contribution in [-0.4, -0.2) is 19.6 Å². The Kier molecular flexibility index (Phi) is 6.28. The Bertz CT molecular complexity index is 704. The number of methoxy groups -OCH3 is 1. The number of anilines is 1. The van der Waals surface area contributed by atoms with Gasteiger partial charge in [-0.3, -0.25) is 4.79 Å². The van der Waals surface area contributed by atoms with E-state index in [2.05, 4.69) is 5.32 Å². The largest absolute Gasteiger partial charge is 0.496 e. The van der Waals surface area contributed by atoms with Crippen molar-refractivity contribution in [3.05, 3.63) is 57.6 Å². The maximum atomic E-state index is 12.4. The molecule has 23 heavy (non-hydrogen) atoms. The quantitative estimate of drug-likeness (QED) is 0.811. The highest BCUT2D eigenvalue weighted by Gasteiger charge is 2.12. The molecule has 1 amide bonds. The molecule has 0 heterocycles. The first-order valence-corrected chi connectivity index (χ1v) is 7.81. The van der Waals surface area contributed by atoms with E-state index < -0.39 is 0 Å². The summed E-state index contributed by atoms with van der Waals surface area (Å²) in [5.74, 6) is 0.411. The normalized spacial score (nSPS) is 10.4. The van der Waals surface area contributed by atoms with Crippen molar-refractivity contribution in [2.24, 2.45) is 0 Å². The molecule has 0 fully saturated rings. The fourth-order valence-corrected chi connectivity index (χ4v) is 2.49. The molecule has 4 nitrogen and oxygen atoms in total. The summed E-state index contributed by atoms with van der Waals surface area (Å²) in [5.41, 5.74) is 1.80. The van der Waals surface area contributed by atoms with Crippen LogP contribution < -0.4 is 10.1 Å². The van der Waals surface area contributed by atoms with Gasteiger partial charge in [0, 0.05) is 22.8 Å². The number of rotatable bonds is 6. The minimum absolute atomic E-state index is 0.269. The van der Waals surface area contributed by atoms with Gasteiger partial charge in [-0.2, -0.15) is 0 Å². The summed E-state index contributed by atoms with van der Waals surface area (Å²) in [7, 11) is 1.58. The zero-order valence-electron chi connectivity index (χ0n) is 12.9. The molecule has 2 aromatic rings. The van der Waals surface area contributed by atoms with Gasteiger partial charge in [0.25, 0.3) is 5.91 Å². The molecule has 2 rings (SSSR count). The monoisotopic (exact) mass is 353 g/mol. The van der Waals surface area contributed by atoms with Crippen molar-refractivity contribution in [2.75, 3.05) is 19.0 Å². The van der Waals surface area contributed by atoms with Crippen molar-refractivity contribution >= 4 is 34.8 Å². The third-order valence-corrected chi connectivity index (χ3v) is 3.73. The SMILES string of the molecule is CCOCc1cc(C(=O)Nc2ccc(Cl)cc2Cl)ccc1OC. The third-order valence-electron chi connectivity index (χ3n) is 3.18. The highest BCUT2D eigenvalue weighted by atomic mass is 35.5. The standard InChI is InChI=1S/C17H17Cl2NO3/c1-3-23-10-12-8-11(4-7-16(12)22-2)17(21)20-15-6-5-13(18)9-14(15)19/h4-9H,3,10H2,1-2H3,(H,20,21). The molecule has 2 aromatic carbocycles. The van der Waals surface area contributed by atoms with E-state index >= 15 is 0 Å². The molecule has 0 unspecified atom stereocenters. The summed E-state index contributed by atoms with van der Waals surface area (Å²) in [6.45, 7) is 2.87. The lowest BCUT2D eigenvalue weighted by atomic mass is 10.1. The second kappa shape index (κ2) is 8.20. The molecule has 1 N–H and O–H groups in total. The number of hydrogen-bond acceptors (Lipinski definition) is 3. The Hall–Kier alpha value is -1.75. The number of amides is 1. The maximum Gasteiger partial charge on any atom is 0.255 e. The van der Waals surface area contributed by atoms with Crippen LogP contribution in [0.3, 0.4) is 0 Å². The van der Waals surface area contributed by atoms with E-state index in [0.29, 0.717) is 40.3 Å². The Balaban J connectivity index is 2.21. The van der Waals surface area contributed by atoms with Gasteiger partial charge in [-0.15, -0.1) is 0 Å². The molecular formula is C17H17Cl2NO3. The first-order chi connectivity index (χ1) is 11.0. The second-order valence-corrected chi connectivity index (χ2v) is 5.59. The molecule has 0 saturated heterocycles. The molecule has 0 atom stereocenters. The van der Waals surface area contributed by atoms with Crippen molar-refractivity contribution in [1.29, 1.82) is 0 Å². The third kappa shape index (κ3) is 4.61. The topological polar surface area (TPSA) is 47.6 Å². The molecule has 0 spiro atoms. The van der Waals surface area contributed by atoms with E-state index in [-0.39, 0.29) is 5.91 Å². The number of carbonyl (C=O) groups is 1. The van der Waals surface area contributed by atoms with E-state index in [1.807, 2.05) is 6.92 Å². The number of hydrogen-bond donors (Lipinski definition) is 1. The highest BCUT2D eigenvalue weighted by molar-refractivity contribution is 6.36. The van der Waals surface area contributed by atoms with Crippen LogP contribution in [0.4, 0.5) is 5.69 Å². The van der Waals surface area contributed by atoms with E-state index in [9.17, 15) is 4.79 Å². The van der Waals surface area contributed by atoms with Crippen LogP contribution in [0.1, 0.15) is 22.8 Å². The Labute approximate surface area is 145 Å². The summed E-state index contributed by atoms with van der Waals surface area (Å²) in [4.78, 5) is 12.4. The number of ether oxygens (including phenoxy) is 2. The van der Waals surface area contributed by atoms with Gasteiger partial charge in [-0.05, 0) is 43.3 Å². The molecule has 0 bridgehead atoms. The molecule has 0 aliphatic carbocycles. The van der Waals surface area contributed by atoms with Gasteiger partial charge in [0.05, 0.1) is 24.4 Å². The van der Waals surface area contributed by atoms with Gasteiger partial charge in [0.15, 0.2) is 0 Å². The Morgan fingerprint density at radius 2 is 1.96 bits per heavy atom. The highest BCUT2D eigenvalue weighted by Crippen LogP contribution is 2.26. The van der Waals surface area contributed by atoms with Gasteiger partial charge in [0.1, 0.15) is 5.75 Å². The average molecular weight is 354 g/mol. The van der Waals surface area contributed by atoms with E-state index in [4.69, 9.17) is 32.7 Å². The van der Waals surface area contributed by atoms with Crippen molar-refractivity contribution in [1.82, 2.24) is 0 Å². The average Bonchev–Trinajstić information content (AvgIpc) is 2.55. The van der Waals surface area contributed by atoms with Gasteiger partial charge in [-0.25, -0.2) is 0 Å². The smallest absolute Gasteiger partial charge is 0.255 e. The molecule has 0 aromatic heterocycles. The molecule has 6 heteroatoms. The number of carbonyl (C=O) groups excluding carboxylic acids is 1. The number of halogens is 2. The van der Waals surface area contributed by atoms with Gasteiger partial charge in [0.2, 0.25) is 0 Å². The maximum absolute atomic E-state index is 12.4. The minimum atomic E-state index is -0.269. The van der Waals surface area contributed by atoms with Gasteiger partial charge < -0.3 is 14.8 Å². The first kappa shape index (κ1) is 17.6. The Morgan fingerprint density at radius 1 is 1.17 bits per heavy atom. The van der Waals surface area contributed by atoms with Crippen LogP contribution in [0.25, 0.3) is 0 Å². The Morgan fingerprint density at radius 3 is 2.61 bits per heavy atom. The predicted octanol–water partition coefficient (Wildman–Crippen LogP) is 4.79. The number of benzene rings is 2. The molecule has 0 aliphatic rings. The molecule has 122 valence electrons. The second-order valence-electron chi connectivity index (χ2n) is 4.74. The zero-order chi connectivity index (χ0) is 16.8. The van der Waals surface area contributed by atoms with Crippen molar-refractivity contribution < 1.29 is 14.3 Å². The van der Waals surface area contributed by atoms with Crippen molar-refractivity contribution in [2.45, 2.75) is 13.5 Å². The lowest BCUT2D eigenvalue weighted by Crippen LogP contribution is -2.13. The van der Waals surface area contributed by atoms with Crippen LogP contribution in [0.15, 0.2) is 36.4 Å². The van der Waals surface area contributed by atoms with Crippen molar-refractivity contribution in [3.63, 3.8) is 0 Å². The van der Waals surface area contributed by atoms with E-state index in [1.165, 1.54) is 0 Å². The summed E-state index contributed by atoms with van der Waals surface area (Å²) >= 11 is 11.9. The predicted molar refractivity (Wildman–Crippen MR) is 92.7 cm³/mol. The van der Waals surface area contributed by atoms with E-state index in [1.54, 1.807) is 43.5 Å². The summed E-state index contributed by atoms with van der Waals surface area (Å²) in [6, 6.07) is 10.1. The van der Waals surface area contributed by atoms with E-state index in [0.717, 1.165) is 5.56 Å². The fourth-order valence-electron chi connectivity index (χ4n) is 2.03. The van der Waals surface area contributed by atoms with Crippen LogP contribution in [-0.2, 0) is 11.3 Å².